The van der Waals surface area contributed by atoms with Crippen LogP contribution in [0.5, 0.6) is 0 Å². The second kappa shape index (κ2) is 5.41. The van der Waals surface area contributed by atoms with Crippen LogP contribution in [0.3, 0.4) is 0 Å². The zero-order valence-electron chi connectivity index (χ0n) is 13.4. The van der Waals surface area contributed by atoms with Gasteiger partial charge >= 0.3 is 0 Å². The Morgan fingerprint density at radius 1 is 1.35 bits per heavy atom. The van der Waals surface area contributed by atoms with Crippen LogP contribution in [0.25, 0.3) is 0 Å². The van der Waals surface area contributed by atoms with Crippen molar-refractivity contribution in [2.75, 3.05) is 17.6 Å². The summed E-state index contributed by atoms with van der Waals surface area (Å²) in [6.45, 7) is 2.88. The minimum atomic E-state index is -0.142. The van der Waals surface area contributed by atoms with Gasteiger partial charge in [-0.05, 0) is 56.2 Å². The fraction of sp³-hybridized carbons (Fsp3) is 0.444. The maximum absolute atomic E-state index is 13.1. The van der Waals surface area contributed by atoms with Crippen LogP contribution in [0.2, 0.25) is 0 Å². The van der Waals surface area contributed by atoms with E-state index in [1.807, 2.05) is 0 Å². The Morgan fingerprint density at radius 2 is 2.17 bits per heavy atom. The number of carbonyl (C=O) groups excluding carboxylic acids is 1. The molecule has 0 fully saturated rings. The highest BCUT2D eigenvalue weighted by atomic mass is 16.2. The van der Waals surface area contributed by atoms with Crippen LogP contribution < -0.4 is 11.1 Å². The summed E-state index contributed by atoms with van der Waals surface area (Å²) >= 11 is 0. The van der Waals surface area contributed by atoms with Gasteiger partial charge in [0, 0.05) is 17.8 Å². The summed E-state index contributed by atoms with van der Waals surface area (Å²) in [6.07, 6.45) is 4.87. The Kier molecular flexibility index (Phi) is 3.36. The molecule has 1 unspecified atom stereocenters. The van der Waals surface area contributed by atoms with Gasteiger partial charge in [0.05, 0.1) is 11.6 Å². The van der Waals surface area contributed by atoms with Gasteiger partial charge in [-0.1, -0.05) is 12.1 Å². The van der Waals surface area contributed by atoms with E-state index in [9.17, 15) is 4.79 Å². The Morgan fingerprint density at radius 3 is 3.04 bits per heavy atom. The van der Waals surface area contributed by atoms with Crippen LogP contribution in [0, 0.1) is 6.92 Å². The van der Waals surface area contributed by atoms with Crippen molar-refractivity contribution in [3.8, 4) is 0 Å². The monoisotopic (exact) mass is 310 g/mol. The van der Waals surface area contributed by atoms with Crippen molar-refractivity contribution in [1.82, 2.24) is 9.78 Å². The SMILES string of the molecule is Cc1ccc2c(c1)NCCC2C(=O)n1nc(N)c2c1CCCC2. The van der Waals surface area contributed by atoms with Gasteiger partial charge in [-0.2, -0.15) is 0 Å². The van der Waals surface area contributed by atoms with Crippen molar-refractivity contribution < 1.29 is 4.79 Å². The maximum atomic E-state index is 13.1. The Hall–Kier alpha value is -2.30. The normalized spacial score (nSPS) is 19.6. The van der Waals surface area contributed by atoms with Gasteiger partial charge in [-0.25, -0.2) is 4.68 Å². The van der Waals surface area contributed by atoms with Gasteiger partial charge in [0.25, 0.3) is 5.91 Å². The fourth-order valence-corrected chi connectivity index (χ4v) is 3.85. The van der Waals surface area contributed by atoms with E-state index in [2.05, 4.69) is 35.5 Å². The number of hydrogen-bond donors (Lipinski definition) is 2. The minimum absolute atomic E-state index is 0.0615. The number of carbonyl (C=O) groups is 1. The Bertz CT molecular complexity index is 778. The van der Waals surface area contributed by atoms with Gasteiger partial charge in [-0.3, -0.25) is 4.79 Å². The average molecular weight is 310 g/mol. The highest BCUT2D eigenvalue weighted by molar-refractivity contribution is 5.89. The van der Waals surface area contributed by atoms with Crippen molar-refractivity contribution in [3.05, 3.63) is 40.6 Å². The molecular weight excluding hydrogens is 288 g/mol. The van der Waals surface area contributed by atoms with Gasteiger partial charge in [0.15, 0.2) is 0 Å². The number of nitrogen functional groups attached to an aromatic ring is 1. The molecule has 0 spiro atoms. The predicted octanol–water partition coefficient (Wildman–Crippen LogP) is 2.89. The van der Waals surface area contributed by atoms with Gasteiger partial charge in [0.1, 0.15) is 5.82 Å². The summed E-state index contributed by atoms with van der Waals surface area (Å²) in [5, 5.41) is 7.78. The van der Waals surface area contributed by atoms with E-state index in [0.29, 0.717) is 5.82 Å². The largest absolute Gasteiger partial charge is 0.385 e. The summed E-state index contributed by atoms with van der Waals surface area (Å²) in [6, 6.07) is 6.25. The molecule has 0 saturated carbocycles. The highest BCUT2D eigenvalue weighted by Crippen LogP contribution is 2.35. The van der Waals surface area contributed by atoms with E-state index >= 15 is 0 Å². The summed E-state index contributed by atoms with van der Waals surface area (Å²) < 4.78 is 1.60. The molecule has 4 rings (SSSR count). The third-order valence-corrected chi connectivity index (χ3v) is 5.05. The lowest BCUT2D eigenvalue weighted by Gasteiger charge is -2.26. The third kappa shape index (κ3) is 2.31. The van der Waals surface area contributed by atoms with Crippen LogP contribution >= 0.6 is 0 Å². The molecule has 120 valence electrons. The summed E-state index contributed by atoms with van der Waals surface area (Å²) in [5.74, 6) is 0.453. The van der Waals surface area contributed by atoms with E-state index in [1.165, 1.54) is 5.56 Å². The number of hydrogen-bond acceptors (Lipinski definition) is 4. The number of fused-ring (bicyclic) bond motifs is 2. The predicted molar refractivity (Wildman–Crippen MR) is 90.9 cm³/mol. The standard InChI is InChI=1S/C18H22N4O/c1-11-6-7-12-13(8-9-20-15(12)10-11)18(23)22-16-5-3-2-4-14(16)17(19)21-22/h6-7,10,13,20H,2-5,8-9H2,1H3,(H2,19,21). The molecule has 2 heterocycles. The number of nitrogens with zero attached hydrogens (tertiary/aromatic N) is 2. The van der Waals surface area contributed by atoms with E-state index in [-0.39, 0.29) is 11.8 Å². The molecule has 1 aliphatic heterocycles. The lowest BCUT2D eigenvalue weighted by atomic mass is 9.89. The molecule has 5 nitrogen and oxygen atoms in total. The summed E-state index contributed by atoms with van der Waals surface area (Å²) in [7, 11) is 0. The number of aromatic nitrogens is 2. The van der Waals surface area contributed by atoms with Crippen molar-refractivity contribution >= 4 is 17.4 Å². The van der Waals surface area contributed by atoms with Gasteiger partial charge in [-0.15, -0.1) is 5.10 Å². The molecule has 1 atom stereocenters. The second-order valence-corrected chi connectivity index (χ2v) is 6.63. The topological polar surface area (TPSA) is 72.9 Å². The molecule has 0 bridgehead atoms. The first kappa shape index (κ1) is 14.3. The van der Waals surface area contributed by atoms with Crippen LogP contribution in [0.4, 0.5) is 11.5 Å². The first-order valence-corrected chi connectivity index (χ1v) is 8.40. The van der Waals surface area contributed by atoms with Gasteiger partial charge in [0.2, 0.25) is 0 Å². The van der Waals surface area contributed by atoms with Crippen molar-refractivity contribution in [2.45, 2.75) is 44.9 Å². The molecule has 1 aromatic carbocycles. The molecule has 0 radical (unpaired) electrons. The van der Waals surface area contributed by atoms with E-state index in [4.69, 9.17) is 5.73 Å². The molecule has 2 aliphatic rings. The fourth-order valence-electron chi connectivity index (χ4n) is 3.85. The summed E-state index contributed by atoms with van der Waals surface area (Å²) in [5.41, 5.74) is 11.5. The lowest BCUT2D eigenvalue weighted by Crippen LogP contribution is -2.29. The number of aryl methyl sites for hydroxylation is 1. The van der Waals surface area contributed by atoms with E-state index < -0.39 is 0 Å². The number of benzene rings is 1. The van der Waals surface area contributed by atoms with Crippen LogP contribution in [-0.2, 0) is 12.8 Å². The zero-order chi connectivity index (χ0) is 16.0. The van der Waals surface area contributed by atoms with E-state index in [0.717, 1.165) is 61.2 Å². The maximum Gasteiger partial charge on any atom is 0.254 e. The second-order valence-electron chi connectivity index (χ2n) is 6.63. The lowest BCUT2D eigenvalue weighted by molar-refractivity contribution is 0.0852. The number of anilines is 2. The Labute approximate surface area is 135 Å². The van der Waals surface area contributed by atoms with Crippen molar-refractivity contribution in [2.24, 2.45) is 0 Å². The molecule has 1 aromatic heterocycles. The third-order valence-electron chi connectivity index (χ3n) is 5.05. The van der Waals surface area contributed by atoms with Crippen molar-refractivity contribution in [1.29, 1.82) is 0 Å². The summed E-state index contributed by atoms with van der Waals surface area (Å²) in [4.78, 5) is 13.1. The van der Waals surface area contributed by atoms with E-state index in [1.54, 1.807) is 4.68 Å². The molecule has 3 N–H and O–H groups in total. The zero-order valence-corrected chi connectivity index (χ0v) is 13.4. The first-order valence-electron chi connectivity index (χ1n) is 8.40. The van der Waals surface area contributed by atoms with Crippen LogP contribution in [-0.4, -0.2) is 22.2 Å². The quantitative estimate of drug-likeness (QED) is 0.849. The number of nitrogens with two attached hydrogens (primary N) is 1. The molecule has 5 heteroatoms. The van der Waals surface area contributed by atoms with Crippen LogP contribution in [0.15, 0.2) is 18.2 Å². The van der Waals surface area contributed by atoms with Crippen LogP contribution in [0.1, 0.15) is 52.4 Å². The first-order chi connectivity index (χ1) is 11.1. The molecule has 23 heavy (non-hydrogen) atoms. The molecule has 1 aliphatic carbocycles. The molecule has 0 amide bonds. The molecule has 0 saturated heterocycles. The number of nitrogens with one attached hydrogen (secondary N) is 1. The van der Waals surface area contributed by atoms with Gasteiger partial charge < -0.3 is 11.1 Å². The molecule has 2 aromatic rings. The highest BCUT2D eigenvalue weighted by Gasteiger charge is 2.31. The smallest absolute Gasteiger partial charge is 0.254 e. The minimum Gasteiger partial charge on any atom is -0.385 e. The molecular formula is C18H22N4O. The van der Waals surface area contributed by atoms with Crippen molar-refractivity contribution in [3.63, 3.8) is 0 Å². The average Bonchev–Trinajstić information content (AvgIpc) is 2.91. The Balaban J connectivity index is 1.74. The number of rotatable bonds is 1.